The molecule has 0 heterocycles. The number of halogens is 5. The van der Waals surface area contributed by atoms with Crippen LogP contribution in [-0.2, 0) is 11.8 Å². The maximum atomic E-state index is 13.7. The highest BCUT2D eigenvalue weighted by Gasteiger charge is 2.55. The molecule has 0 saturated carbocycles. The number of hydrogen-bond acceptors (Lipinski definition) is 1. The van der Waals surface area contributed by atoms with Crippen LogP contribution in [0.4, 0.5) is 13.2 Å². The Kier molecular flexibility index (Phi) is 5.77. The highest BCUT2D eigenvalue weighted by molar-refractivity contribution is 6.34. The number of hydrogen-bond donors (Lipinski definition) is 1. The van der Waals surface area contributed by atoms with E-state index in [2.05, 4.69) is 0 Å². The summed E-state index contributed by atoms with van der Waals surface area (Å²) in [5.74, 6) is 0. The molecule has 1 unspecified atom stereocenters. The zero-order valence-electron chi connectivity index (χ0n) is 13.9. The minimum atomic E-state index is -4.80. The van der Waals surface area contributed by atoms with Crippen molar-refractivity contribution in [2.45, 2.75) is 43.9 Å². The van der Waals surface area contributed by atoms with Crippen molar-refractivity contribution in [3.05, 3.63) is 69.7 Å². The van der Waals surface area contributed by atoms with Gasteiger partial charge in [-0.3, -0.25) is 0 Å². The molecule has 0 aromatic heterocycles. The first kappa shape index (κ1) is 20.1. The van der Waals surface area contributed by atoms with Crippen molar-refractivity contribution in [1.82, 2.24) is 0 Å². The number of benzene rings is 2. The molecule has 1 atom stereocenters. The molecule has 0 saturated heterocycles. The van der Waals surface area contributed by atoms with E-state index in [4.69, 9.17) is 23.2 Å². The maximum Gasteiger partial charge on any atom is 0.417 e. The van der Waals surface area contributed by atoms with Crippen LogP contribution in [-0.4, -0.2) is 16.9 Å². The van der Waals surface area contributed by atoms with Gasteiger partial charge in [0.25, 0.3) is 0 Å². The average molecular weight is 391 g/mol. The molecule has 2 aromatic rings. The first-order valence-corrected chi connectivity index (χ1v) is 8.48. The Labute approximate surface area is 155 Å². The second kappa shape index (κ2) is 7.18. The Hall–Kier alpha value is -1.23. The van der Waals surface area contributed by atoms with Gasteiger partial charge in [-0.1, -0.05) is 67.4 Å². The molecular formula is C19H19Cl2F3O. The molecule has 0 spiro atoms. The third-order valence-corrected chi connectivity index (χ3v) is 4.67. The molecule has 6 heteroatoms. The first-order chi connectivity index (χ1) is 11.4. The minimum absolute atomic E-state index is 0.231. The Morgan fingerprint density at radius 1 is 0.920 bits per heavy atom. The zero-order chi connectivity index (χ0) is 18.9. The Bertz CT molecular complexity index is 709. The van der Waals surface area contributed by atoms with Crippen LogP contribution in [0.25, 0.3) is 0 Å². The standard InChI is InChI=1S/C19H19Cl2F3O/c1-17(2,14-6-4-3-5-7-14)12-18(25,19(22,23)24)11-13-8-15(20)10-16(21)9-13/h3-10,25H,11-12H2,1-2H3. The van der Waals surface area contributed by atoms with Crippen molar-refractivity contribution in [2.24, 2.45) is 0 Å². The van der Waals surface area contributed by atoms with Gasteiger partial charge in [-0.15, -0.1) is 0 Å². The van der Waals surface area contributed by atoms with E-state index >= 15 is 0 Å². The highest BCUT2D eigenvalue weighted by atomic mass is 35.5. The Morgan fingerprint density at radius 2 is 1.44 bits per heavy atom. The van der Waals surface area contributed by atoms with Crippen LogP contribution < -0.4 is 0 Å². The molecule has 2 aromatic carbocycles. The van der Waals surface area contributed by atoms with Crippen LogP contribution in [0.2, 0.25) is 10.0 Å². The van der Waals surface area contributed by atoms with E-state index in [1.165, 1.54) is 18.2 Å². The van der Waals surface area contributed by atoms with Gasteiger partial charge in [-0.2, -0.15) is 13.2 Å². The van der Waals surface area contributed by atoms with Crippen molar-refractivity contribution in [3.63, 3.8) is 0 Å². The maximum absolute atomic E-state index is 13.7. The molecule has 1 nitrogen and oxygen atoms in total. The van der Waals surface area contributed by atoms with Gasteiger partial charge in [0, 0.05) is 16.5 Å². The number of aliphatic hydroxyl groups is 1. The normalized spacial score (nSPS) is 15.0. The predicted molar refractivity (Wildman–Crippen MR) is 95.3 cm³/mol. The molecule has 0 aliphatic rings. The van der Waals surface area contributed by atoms with Gasteiger partial charge in [0.15, 0.2) is 5.60 Å². The third kappa shape index (κ3) is 4.90. The summed E-state index contributed by atoms with van der Waals surface area (Å²) >= 11 is 11.7. The summed E-state index contributed by atoms with van der Waals surface area (Å²) in [7, 11) is 0. The van der Waals surface area contributed by atoms with Gasteiger partial charge >= 0.3 is 6.18 Å². The summed E-state index contributed by atoms with van der Waals surface area (Å²) in [5, 5.41) is 11.0. The molecule has 0 fully saturated rings. The summed E-state index contributed by atoms with van der Waals surface area (Å²) < 4.78 is 41.2. The average Bonchev–Trinajstić information content (AvgIpc) is 2.45. The van der Waals surface area contributed by atoms with Crippen LogP contribution in [0.3, 0.4) is 0 Å². The Morgan fingerprint density at radius 3 is 1.92 bits per heavy atom. The van der Waals surface area contributed by atoms with Gasteiger partial charge in [-0.05, 0) is 41.2 Å². The zero-order valence-corrected chi connectivity index (χ0v) is 15.4. The first-order valence-electron chi connectivity index (χ1n) is 7.73. The molecule has 1 N–H and O–H groups in total. The lowest BCUT2D eigenvalue weighted by Gasteiger charge is -2.38. The fourth-order valence-electron chi connectivity index (χ4n) is 3.04. The summed E-state index contributed by atoms with van der Waals surface area (Å²) in [6.45, 7) is 3.37. The van der Waals surface area contributed by atoms with E-state index < -0.39 is 30.0 Å². The summed E-state index contributed by atoms with van der Waals surface area (Å²) in [6.07, 6.45) is -5.90. The molecule has 25 heavy (non-hydrogen) atoms. The number of rotatable bonds is 5. The van der Waals surface area contributed by atoms with Crippen LogP contribution >= 0.6 is 23.2 Å². The smallest absolute Gasteiger partial charge is 0.380 e. The molecule has 0 radical (unpaired) electrons. The second-order valence-corrected chi connectivity index (χ2v) is 7.78. The van der Waals surface area contributed by atoms with Crippen molar-refractivity contribution >= 4 is 23.2 Å². The summed E-state index contributed by atoms with van der Waals surface area (Å²) in [4.78, 5) is 0. The van der Waals surface area contributed by atoms with Crippen LogP contribution in [0.5, 0.6) is 0 Å². The lowest BCUT2D eigenvalue weighted by Crippen LogP contribution is -2.50. The van der Waals surface area contributed by atoms with E-state index in [-0.39, 0.29) is 15.6 Å². The van der Waals surface area contributed by atoms with Gasteiger partial charge in [0.2, 0.25) is 0 Å². The van der Waals surface area contributed by atoms with Gasteiger partial charge in [-0.25, -0.2) is 0 Å². The lowest BCUT2D eigenvalue weighted by molar-refractivity contribution is -0.266. The highest BCUT2D eigenvalue weighted by Crippen LogP contribution is 2.43. The van der Waals surface area contributed by atoms with Gasteiger partial charge in [0.1, 0.15) is 0 Å². The molecule has 0 aliphatic heterocycles. The quantitative estimate of drug-likeness (QED) is 0.644. The van der Waals surface area contributed by atoms with E-state index in [0.717, 1.165) is 5.56 Å². The molecule has 0 amide bonds. The van der Waals surface area contributed by atoms with E-state index in [0.29, 0.717) is 0 Å². The largest absolute Gasteiger partial charge is 0.417 e. The fourth-order valence-corrected chi connectivity index (χ4v) is 3.61. The summed E-state index contributed by atoms with van der Waals surface area (Å²) in [6, 6.07) is 13.1. The lowest BCUT2D eigenvalue weighted by atomic mass is 9.73. The number of alkyl halides is 3. The third-order valence-electron chi connectivity index (χ3n) is 4.24. The van der Waals surface area contributed by atoms with Crippen molar-refractivity contribution < 1.29 is 18.3 Å². The Balaban J connectivity index is 2.38. The molecular weight excluding hydrogens is 372 g/mol. The second-order valence-electron chi connectivity index (χ2n) is 6.91. The van der Waals surface area contributed by atoms with Crippen molar-refractivity contribution in [1.29, 1.82) is 0 Å². The van der Waals surface area contributed by atoms with Gasteiger partial charge in [0.05, 0.1) is 0 Å². The molecule has 2 rings (SSSR count). The van der Waals surface area contributed by atoms with Crippen LogP contribution in [0.15, 0.2) is 48.5 Å². The van der Waals surface area contributed by atoms with Crippen molar-refractivity contribution in [2.75, 3.05) is 0 Å². The van der Waals surface area contributed by atoms with Crippen LogP contribution in [0, 0.1) is 0 Å². The molecule has 0 bridgehead atoms. The topological polar surface area (TPSA) is 20.2 Å². The van der Waals surface area contributed by atoms with E-state index in [1.807, 2.05) is 0 Å². The minimum Gasteiger partial charge on any atom is -0.380 e. The summed E-state index contributed by atoms with van der Waals surface area (Å²) in [5.41, 5.74) is -2.82. The van der Waals surface area contributed by atoms with E-state index in [9.17, 15) is 18.3 Å². The van der Waals surface area contributed by atoms with E-state index in [1.54, 1.807) is 44.2 Å². The molecule has 136 valence electrons. The van der Waals surface area contributed by atoms with Gasteiger partial charge < -0.3 is 5.11 Å². The predicted octanol–water partition coefficient (Wildman–Crippen LogP) is 6.20. The van der Waals surface area contributed by atoms with Crippen molar-refractivity contribution in [3.8, 4) is 0 Å². The van der Waals surface area contributed by atoms with Crippen LogP contribution in [0.1, 0.15) is 31.4 Å². The molecule has 0 aliphatic carbocycles. The monoisotopic (exact) mass is 390 g/mol. The fraction of sp³-hybridized carbons (Fsp3) is 0.368. The SMILES string of the molecule is CC(C)(CC(O)(Cc1cc(Cl)cc(Cl)c1)C(F)(F)F)c1ccccc1.